The maximum absolute atomic E-state index is 14.2. The first-order chi connectivity index (χ1) is 10.4. The molecule has 3 saturated carbocycles. The summed E-state index contributed by atoms with van der Waals surface area (Å²) in [5.41, 5.74) is 1.09. The maximum atomic E-state index is 14.2. The van der Waals surface area contributed by atoms with Gasteiger partial charge in [0.25, 0.3) is 0 Å². The van der Waals surface area contributed by atoms with Crippen molar-refractivity contribution in [2.75, 3.05) is 0 Å². The molecule has 0 heterocycles. The van der Waals surface area contributed by atoms with Crippen LogP contribution in [-0.4, -0.2) is 28.6 Å². The highest BCUT2D eigenvalue weighted by atomic mass is 19.1. The van der Waals surface area contributed by atoms with Crippen molar-refractivity contribution in [3.8, 4) is 0 Å². The summed E-state index contributed by atoms with van der Waals surface area (Å²) in [6.45, 7) is 4.35. The van der Waals surface area contributed by atoms with Gasteiger partial charge in [-0.15, -0.1) is 0 Å². The Kier molecular flexibility index (Phi) is 3.30. The fraction of sp³-hybridized carbons (Fsp3) is 0.895. The van der Waals surface area contributed by atoms with Crippen molar-refractivity contribution in [1.82, 2.24) is 0 Å². The molecule has 0 radical (unpaired) electrons. The van der Waals surface area contributed by atoms with Crippen molar-refractivity contribution in [2.24, 2.45) is 28.6 Å². The van der Waals surface area contributed by atoms with E-state index in [0.717, 1.165) is 38.5 Å². The van der Waals surface area contributed by atoms with Gasteiger partial charge in [-0.1, -0.05) is 25.5 Å². The number of hydrogen-bond donors (Lipinski definition) is 2. The van der Waals surface area contributed by atoms with E-state index in [2.05, 4.69) is 19.9 Å². The summed E-state index contributed by atoms with van der Waals surface area (Å²) in [4.78, 5) is 0. The molecule has 0 aliphatic heterocycles. The Hall–Kier alpha value is -0.410. The lowest BCUT2D eigenvalue weighted by molar-refractivity contribution is -0.108. The highest BCUT2D eigenvalue weighted by Gasteiger charge is 2.62. The molecular formula is C19H29FO2. The van der Waals surface area contributed by atoms with Crippen LogP contribution in [0.1, 0.15) is 58.8 Å². The Balaban J connectivity index is 1.71. The summed E-state index contributed by atoms with van der Waals surface area (Å²) in [7, 11) is 0. The van der Waals surface area contributed by atoms with E-state index in [4.69, 9.17) is 0 Å². The van der Waals surface area contributed by atoms with Crippen molar-refractivity contribution in [2.45, 2.75) is 77.2 Å². The lowest BCUT2D eigenvalue weighted by Crippen LogP contribution is -2.54. The quantitative estimate of drug-likeness (QED) is 0.671. The van der Waals surface area contributed by atoms with Gasteiger partial charge in [0.1, 0.15) is 6.17 Å². The summed E-state index contributed by atoms with van der Waals surface area (Å²) in [5, 5.41) is 21.1. The molecule has 4 rings (SSSR count). The van der Waals surface area contributed by atoms with Crippen LogP contribution in [0.5, 0.6) is 0 Å². The molecule has 0 aromatic carbocycles. The minimum atomic E-state index is -1.06. The Morgan fingerprint density at radius 1 is 1.14 bits per heavy atom. The zero-order valence-electron chi connectivity index (χ0n) is 13.8. The van der Waals surface area contributed by atoms with Gasteiger partial charge in [-0.2, -0.15) is 0 Å². The number of rotatable bonds is 0. The van der Waals surface area contributed by atoms with Gasteiger partial charge >= 0.3 is 0 Å². The summed E-state index contributed by atoms with van der Waals surface area (Å²) < 4.78 is 14.2. The summed E-state index contributed by atoms with van der Waals surface area (Å²) >= 11 is 0. The molecule has 0 unspecified atom stereocenters. The van der Waals surface area contributed by atoms with Gasteiger partial charge in [0.2, 0.25) is 0 Å². The van der Waals surface area contributed by atoms with E-state index in [0.29, 0.717) is 18.3 Å². The molecule has 0 bridgehead atoms. The van der Waals surface area contributed by atoms with Gasteiger partial charge < -0.3 is 10.2 Å². The molecule has 2 nitrogen and oxygen atoms in total. The van der Waals surface area contributed by atoms with Crippen molar-refractivity contribution >= 4 is 0 Å². The van der Waals surface area contributed by atoms with Crippen LogP contribution in [0, 0.1) is 28.6 Å². The van der Waals surface area contributed by atoms with Gasteiger partial charge in [-0.05, 0) is 68.1 Å². The Morgan fingerprint density at radius 2 is 1.91 bits per heavy atom. The smallest absolute Gasteiger partial charge is 0.127 e. The second-order valence-corrected chi connectivity index (χ2v) is 8.76. The zero-order chi connectivity index (χ0) is 15.7. The third kappa shape index (κ3) is 1.73. The zero-order valence-corrected chi connectivity index (χ0v) is 13.8. The van der Waals surface area contributed by atoms with Crippen LogP contribution < -0.4 is 0 Å². The SMILES string of the molecule is C[C@]12CC[C@H]3[C@@H](CCC4=CCC[C@H](O)[C@@]43C)[C@@H]1C[C@@H](F)[C@H]2O. The number of halogens is 1. The van der Waals surface area contributed by atoms with Crippen LogP contribution in [-0.2, 0) is 0 Å². The van der Waals surface area contributed by atoms with Gasteiger partial charge in [-0.3, -0.25) is 0 Å². The summed E-state index contributed by atoms with van der Waals surface area (Å²) in [5.74, 6) is 1.20. The number of allylic oxidation sites excluding steroid dienone is 1. The van der Waals surface area contributed by atoms with E-state index in [1.54, 1.807) is 0 Å². The standard InChI is InChI=1S/C19H29FO2/c1-18-9-8-13-12(14(18)10-15(20)17(18)22)7-6-11-4-3-5-16(21)19(11,13)2/h4,12-17,21-22H,3,5-10H2,1-2H3/t12-,13+,14+,15-,16+,17-,18+,19+/m1/s1. The largest absolute Gasteiger partial charge is 0.392 e. The number of alkyl halides is 1. The first kappa shape index (κ1) is 15.1. The van der Waals surface area contributed by atoms with Gasteiger partial charge in [0.15, 0.2) is 0 Å². The lowest BCUT2D eigenvalue weighted by atomic mass is 9.47. The number of hydrogen-bond acceptors (Lipinski definition) is 2. The van der Waals surface area contributed by atoms with Gasteiger partial charge in [0.05, 0.1) is 12.2 Å². The maximum Gasteiger partial charge on any atom is 0.127 e. The van der Waals surface area contributed by atoms with Crippen LogP contribution in [0.4, 0.5) is 4.39 Å². The number of aliphatic hydroxyl groups is 2. The summed E-state index contributed by atoms with van der Waals surface area (Å²) in [6.07, 6.45) is 6.71. The number of aliphatic hydroxyl groups excluding tert-OH is 2. The van der Waals surface area contributed by atoms with E-state index in [1.807, 2.05) is 0 Å². The summed E-state index contributed by atoms with van der Waals surface area (Å²) in [6, 6.07) is 0. The van der Waals surface area contributed by atoms with Crippen LogP contribution >= 0.6 is 0 Å². The minimum absolute atomic E-state index is 0.109. The molecular weight excluding hydrogens is 279 g/mol. The van der Waals surface area contributed by atoms with Gasteiger partial charge in [0, 0.05) is 5.41 Å². The van der Waals surface area contributed by atoms with E-state index < -0.39 is 12.3 Å². The van der Waals surface area contributed by atoms with Crippen LogP contribution in [0.2, 0.25) is 0 Å². The molecule has 0 aromatic heterocycles. The lowest BCUT2D eigenvalue weighted by Gasteiger charge is -2.59. The first-order valence-corrected chi connectivity index (χ1v) is 9.08. The molecule has 2 N–H and O–H groups in total. The highest BCUT2D eigenvalue weighted by Crippen LogP contribution is 2.65. The second kappa shape index (κ2) is 4.80. The van der Waals surface area contributed by atoms with Crippen molar-refractivity contribution in [3.63, 3.8) is 0 Å². The average molecular weight is 308 g/mol. The minimum Gasteiger partial charge on any atom is -0.392 e. The first-order valence-electron chi connectivity index (χ1n) is 9.08. The van der Waals surface area contributed by atoms with Crippen molar-refractivity contribution < 1.29 is 14.6 Å². The Bertz CT molecular complexity index is 504. The molecule has 0 spiro atoms. The van der Waals surface area contributed by atoms with Crippen molar-refractivity contribution in [1.29, 1.82) is 0 Å². The van der Waals surface area contributed by atoms with E-state index >= 15 is 0 Å². The predicted molar refractivity (Wildman–Crippen MR) is 84.0 cm³/mol. The molecule has 0 saturated heterocycles. The van der Waals surface area contributed by atoms with E-state index in [1.165, 1.54) is 5.57 Å². The van der Waals surface area contributed by atoms with Crippen molar-refractivity contribution in [3.05, 3.63) is 11.6 Å². The van der Waals surface area contributed by atoms with E-state index in [-0.39, 0.29) is 22.9 Å². The predicted octanol–water partition coefficient (Wildman–Crippen LogP) is 3.62. The third-order valence-corrected chi connectivity index (χ3v) is 8.10. The van der Waals surface area contributed by atoms with Crippen LogP contribution in [0.15, 0.2) is 11.6 Å². The average Bonchev–Trinajstić information content (AvgIpc) is 2.72. The number of fused-ring (bicyclic) bond motifs is 5. The van der Waals surface area contributed by atoms with Crippen LogP contribution in [0.3, 0.4) is 0 Å². The normalized spacial score (nSPS) is 57.6. The van der Waals surface area contributed by atoms with Crippen LogP contribution in [0.25, 0.3) is 0 Å². The Labute approximate surface area is 132 Å². The molecule has 4 aliphatic carbocycles. The third-order valence-electron chi connectivity index (χ3n) is 8.10. The molecule has 3 heteroatoms. The molecule has 124 valence electrons. The molecule has 0 amide bonds. The molecule has 3 fully saturated rings. The highest BCUT2D eigenvalue weighted by molar-refractivity contribution is 5.26. The molecule has 8 atom stereocenters. The fourth-order valence-corrected chi connectivity index (χ4v) is 6.71. The molecule has 4 aliphatic rings. The van der Waals surface area contributed by atoms with E-state index in [9.17, 15) is 14.6 Å². The topological polar surface area (TPSA) is 40.5 Å². The second-order valence-electron chi connectivity index (χ2n) is 8.76. The fourth-order valence-electron chi connectivity index (χ4n) is 6.71. The monoisotopic (exact) mass is 308 g/mol. The molecule has 0 aromatic rings. The molecule has 22 heavy (non-hydrogen) atoms. The Morgan fingerprint density at radius 3 is 2.68 bits per heavy atom. The van der Waals surface area contributed by atoms with Gasteiger partial charge in [-0.25, -0.2) is 4.39 Å².